The second kappa shape index (κ2) is 8.45. The number of thiazole rings is 1. The van der Waals surface area contributed by atoms with Gasteiger partial charge >= 0.3 is 5.97 Å². The average Bonchev–Trinajstić information content (AvgIpc) is 3.30. The molecule has 0 atom stereocenters. The predicted molar refractivity (Wildman–Crippen MR) is 111 cm³/mol. The molecule has 0 fully saturated rings. The lowest BCUT2D eigenvalue weighted by Crippen LogP contribution is -2.36. The van der Waals surface area contributed by atoms with Crippen molar-refractivity contribution in [2.24, 2.45) is 0 Å². The highest BCUT2D eigenvalue weighted by Gasteiger charge is 2.27. The van der Waals surface area contributed by atoms with Crippen LogP contribution in [0.2, 0.25) is 0 Å². The monoisotopic (exact) mass is 408 g/mol. The Labute approximate surface area is 172 Å². The number of fused-ring (bicyclic) bond motifs is 1. The maximum Gasteiger partial charge on any atom is 0.338 e. The summed E-state index contributed by atoms with van der Waals surface area (Å²) < 4.78 is 10.7. The molecule has 2 aromatic carbocycles. The molecule has 0 spiro atoms. The summed E-state index contributed by atoms with van der Waals surface area (Å²) in [6.45, 7) is 0.955. The largest absolute Gasteiger partial charge is 0.487 e. The number of hydrogen-bond acceptors (Lipinski definition) is 6. The molecule has 3 aromatic rings. The number of aromatic nitrogens is 1. The maximum atomic E-state index is 13.2. The summed E-state index contributed by atoms with van der Waals surface area (Å²) in [5, 5.41) is 1.93. The van der Waals surface area contributed by atoms with Crippen molar-refractivity contribution < 1.29 is 19.1 Å². The van der Waals surface area contributed by atoms with Crippen LogP contribution in [-0.4, -0.2) is 30.5 Å². The highest BCUT2D eigenvalue weighted by Crippen LogP contribution is 2.32. The first-order valence-electron chi connectivity index (χ1n) is 9.29. The molecule has 0 N–H and O–H groups in total. The van der Waals surface area contributed by atoms with Gasteiger partial charge in [-0.05, 0) is 48.7 Å². The van der Waals surface area contributed by atoms with Crippen molar-refractivity contribution >= 4 is 28.9 Å². The quantitative estimate of drug-likeness (QED) is 0.595. The number of anilines is 1. The van der Waals surface area contributed by atoms with E-state index in [9.17, 15) is 9.59 Å². The summed E-state index contributed by atoms with van der Waals surface area (Å²) in [6, 6.07) is 12.5. The summed E-state index contributed by atoms with van der Waals surface area (Å²) in [6.07, 6.45) is 1.52. The molecule has 1 amide bonds. The maximum absolute atomic E-state index is 13.2. The number of methoxy groups -OCH3 is 1. The third-order valence-electron chi connectivity index (χ3n) is 4.85. The summed E-state index contributed by atoms with van der Waals surface area (Å²) >= 11 is 1.51. The molecule has 1 aromatic heterocycles. The standard InChI is InChI=1S/C22H20N2O4S/c1-27-22(26)19-7-3-9-20-18(19)8-4-10-24(20)21(25)15-5-2-6-17(11-15)28-12-16-13-29-14-23-16/h2-3,5-7,9,11,13-14H,4,8,10,12H2,1H3. The fourth-order valence-corrected chi connectivity index (χ4v) is 4.02. The van der Waals surface area contributed by atoms with Crippen molar-refractivity contribution in [3.8, 4) is 5.75 Å². The number of benzene rings is 2. The van der Waals surface area contributed by atoms with Crippen LogP contribution < -0.4 is 9.64 Å². The normalized spacial score (nSPS) is 12.9. The van der Waals surface area contributed by atoms with Gasteiger partial charge in [-0.15, -0.1) is 11.3 Å². The van der Waals surface area contributed by atoms with Gasteiger partial charge in [0.1, 0.15) is 12.4 Å². The van der Waals surface area contributed by atoms with Gasteiger partial charge in [0.25, 0.3) is 5.91 Å². The molecule has 0 radical (unpaired) electrons. The number of esters is 1. The Morgan fingerprint density at radius 3 is 2.86 bits per heavy atom. The third kappa shape index (κ3) is 4.00. The van der Waals surface area contributed by atoms with Crippen molar-refractivity contribution in [2.75, 3.05) is 18.6 Å². The van der Waals surface area contributed by atoms with Crippen molar-refractivity contribution in [3.05, 3.63) is 75.7 Å². The van der Waals surface area contributed by atoms with Crippen LogP contribution >= 0.6 is 11.3 Å². The van der Waals surface area contributed by atoms with Gasteiger partial charge in [0.2, 0.25) is 0 Å². The minimum atomic E-state index is -0.381. The van der Waals surface area contributed by atoms with E-state index in [0.717, 1.165) is 29.8 Å². The van der Waals surface area contributed by atoms with Gasteiger partial charge in [-0.25, -0.2) is 9.78 Å². The minimum absolute atomic E-state index is 0.118. The van der Waals surface area contributed by atoms with E-state index in [-0.39, 0.29) is 11.9 Å². The minimum Gasteiger partial charge on any atom is -0.487 e. The van der Waals surface area contributed by atoms with Crippen molar-refractivity contribution in [3.63, 3.8) is 0 Å². The first kappa shape index (κ1) is 19.1. The van der Waals surface area contributed by atoms with Gasteiger partial charge in [0.15, 0.2) is 0 Å². The molecule has 29 heavy (non-hydrogen) atoms. The Balaban J connectivity index is 1.58. The Hall–Kier alpha value is -3.19. The first-order valence-corrected chi connectivity index (χ1v) is 10.2. The van der Waals surface area contributed by atoms with Gasteiger partial charge in [-0.3, -0.25) is 4.79 Å². The first-order chi connectivity index (χ1) is 14.2. The lowest BCUT2D eigenvalue weighted by atomic mass is 9.95. The zero-order valence-electron chi connectivity index (χ0n) is 16.0. The van der Waals surface area contributed by atoms with Crippen LogP contribution in [0, 0.1) is 0 Å². The van der Waals surface area contributed by atoms with Crippen LogP contribution in [0.15, 0.2) is 53.4 Å². The number of nitrogens with zero attached hydrogens (tertiary/aromatic N) is 2. The van der Waals surface area contributed by atoms with Gasteiger partial charge in [-0.2, -0.15) is 0 Å². The number of carbonyl (C=O) groups is 2. The Bertz CT molecular complexity index is 1030. The Morgan fingerprint density at radius 1 is 1.21 bits per heavy atom. The smallest absolute Gasteiger partial charge is 0.338 e. The van der Waals surface area contributed by atoms with E-state index in [0.29, 0.717) is 30.0 Å². The lowest BCUT2D eigenvalue weighted by Gasteiger charge is -2.30. The van der Waals surface area contributed by atoms with Gasteiger partial charge in [0.05, 0.1) is 23.9 Å². The number of hydrogen-bond donors (Lipinski definition) is 0. The number of ether oxygens (including phenoxy) is 2. The second-order valence-electron chi connectivity index (χ2n) is 6.65. The molecule has 148 valence electrons. The highest BCUT2D eigenvalue weighted by atomic mass is 32.1. The molecular weight excluding hydrogens is 388 g/mol. The second-order valence-corrected chi connectivity index (χ2v) is 7.37. The van der Waals surface area contributed by atoms with Crippen LogP contribution in [0.25, 0.3) is 0 Å². The van der Waals surface area contributed by atoms with Gasteiger partial charge in [0, 0.05) is 23.2 Å². The van der Waals surface area contributed by atoms with Crippen LogP contribution in [0.5, 0.6) is 5.75 Å². The van der Waals surface area contributed by atoms with Crippen LogP contribution in [-0.2, 0) is 17.8 Å². The number of carbonyl (C=O) groups excluding carboxylic acids is 2. The van der Waals surface area contributed by atoms with Crippen molar-refractivity contribution in [1.82, 2.24) is 4.98 Å². The van der Waals surface area contributed by atoms with Gasteiger partial charge in [-0.1, -0.05) is 12.1 Å². The van der Waals surface area contributed by atoms with E-state index in [2.05, 4.69) is 4.98 Å². The molecule has 0 saturated carbocycles. The average molecular weight is 408 g/mol. The summed E-state index contributed by atoms with van der Waals surface area (Å²) in [4.78, 5) is 31.3. The molecule has 4 rings (SSSR count). The van der Waals surface area contributed by atoms with Crippen LogP contribution in [0.4, 0.5) is 5.69 Å². The van der Waals surface area contributed by atoms with E-state index in [1.807, 2.05) is 17.5 Å². The SMILES string of the molecule is COC(=O)c1cccc2c1CCCN2C(=O)c1cccc(OCc2cscn2)c1. The van der Waals surface area contributed by atoms with E-state index in [1.165, 1.54) is 18.4 Å². The third-order valence-corrected chi connectivity index (χ3v) is 5.49. The van der Waals surface area contributed by atoms with Gasteiger partial charge < -0.3 is 14.4 Å². The fourth-order valence-electron chi connectivity index (χ4n) is 3.48. The predicted octanol–water partition coefficient (Wildman–Crippen LogP) is 4.10. The Kier molecular flexibility index (Phi) is 5.57. The zero-order chi connectivity index (χ0) is 20.2. The molecule has 1 aliphatic rings. The molecular formula is C22H20N2O4S. The summed E-state index contributed by atoms with van der Waals surface area (Å²) in [5.74, 6) is 0.116. The molecule has 0 unspecified atom stereocenters. The molecule has 0 aliphatic carbocycles. The molecule has 6 nitrogen and oxygen atoms in total. The number of amides is 1. The molecule has 7 heteroatoms. The topological polar surface area (TPSA) is 68.7 Å². The van der Waals surface area contributed by atoms with E-state index >= 15 is 0 Å². The summed E-state index contributed by atoms with van der Waals surface area (Å²) in [5.41, 5.74) is 5.29. The lowest BCUT2D eigenvalue weighted by molar-refractivity contribution is 0.0599. The molecule has 0 saturated heterocycles. The molecule has 2 heterocycles. The fraction of sp³-hybridized carbons (Fsp3) is 0.227. The summed E-state index contributed by atoms with van der Waals surface area (Å²) in [7, 11) is 1.37. The van der Waals surface area contributed by atoms with E-state index in [1.54, 1.807) is 40.7 Å². The Morgan fingerprint density at radius 2 is 2.07 bits per heavy atom. The van der Waals surface area contributed by atoms with Crippen LogP contribution in [0.3, 0.4) is 0 Å². The van der Waals surface area contributed by atoms with E-state index < -0.39 is 0 Å². The van der Waals surface area contributed by atoms with Crippen molar-refractivity contribution in [2.45, 2.75) is 19.4 Å². The number of rotatable bonds is 5. The van der Waals surface area contributed by atoms with Crippen molar-refractivity contribution in [1.29, 1.82) is 0 Å². The highest BCUT2D eigenvalue weighted by molar-refractivity contribution is 7.07. The zero-order valence-corrected chi connectivity index (χ0v) is 16.8. The van der Waals surface area contributed by atoms with E-state index in [4.69, 9.17) is 9.47 Å². The molecule has 1 aliphatic heterocycles. The molecule has 0 bridgehead atoms. The van der Waals surface area contributed by atoms with Crippen LogP contribution in [0.1, 0.15) is 38.4 Å².